The number of nitrogens with one attached hydrogen (secondary N) is 1. The zero-order chi connectivity index (χ0) is 17.4. The van der Waals surface area contributed by atoms with Gasteiger partial charge in [-0.2, -0.15) is 0 Å². The van der Waals surface area contributed by atoms with Gasteiger partial charge < -0.3 is 19.9 Å². The minimum atomic E-state index is -0.946. The molecule has 1 fully saturated rings. The van der Waals surface area contributed by atoms with Crippen LogP contribution in [0.15, 0.2) is 24.3 Å². The van der Waals surface area contributed by atoms with Crippen LogP contribution in [0.25, 0.3) is 0 Å². The van der Waals surface area contributed by atoms with Crippen molar-refractivity contribution >= 4 is 11.9 Å². The van der Waals surface area contributed by atoms with Gasteiger partial charge in [0.15, 0.2) is 0 Å². The molecule has 6 heteroatoms. The van der Waals surface area contributed by atoms with Gasteiger partial charge in [-0.25, -0.2) is 0 Å². The molecule has 2 rings (SSSR count). The molecule has 24 heavy (non-hydrogen) atoms. The fourth-order valence-electron chi connectivity index (χ4n) is 2.81. The lowest BCUT2D eigenvalue weighted by atomic mass is 9.98. The van der Waals surface area contributed by atoms with E-state index in [1.54, 1.807) is 0 Å². The topological polar surface area (TPSA) is 84.9 Å². The van der Waals surface area contributed by atoms with Crippen LogP contribution in [0.1, 0.15) is 42.9 Å². The lowest BCUT2D eigenvalue weighted by molar-refractivity contribution is -0.137. The first kappa shape index (κ1) is 18.4. The van der Waals surface area contributed by atoms with Gasteiger partial charge in [0.05, 0.1) is 31.8 Å². The minimum Gasteiger partial charge on any atom is -0.481 e. The predicted octanol–water partition coefficient (Wildman–Crippen LogP) is 2.21. The molecule has 0 spiro atoms. The highest BCUT2D eigenvalue weighted by Crippen LogP contribution is 2.20. The summed E-state index contributed by atoms with van der Waals surface area (Å²) in [5.41, 5.74) is 1.78. The first-order valence-electron chi connectivity index (χ1n) is 8.32. The summed E-state index contributed by atoms with van der Waals surface area (Å²) in [5, 5.41) is 11.9. The average molecular weight is 335 g/mol. The number of carboxylic acid groups (broad SMARTS) is 1. The number of carboxylic acids is 1. The molecule has 1 heterocycles. The van der Waals surface area contributed by atoms with Crippen molar-refractivity contribution in [3.63, 3.8) is 0 Å². The van der Waals surface area contributed by atoms with Crippen molar-refractivity contribution in [2.75, 3.05) is 19.8 Å². The zero-order valence-corrected chi connectivity index (χ0v) is 14.0. The van der Waals surface area contributed by atoms with Crippen LogP contribution in [-0.4, -0.2) is 42.9 Å². The van der Waals surface area contributed by atoms with Gasteiger partial charge >= 0.3 is 5.97 Å². The Hall–Kier alpha value is -1.92. The molecular formula is C18H25NO5. The predicted molar refractivity (Wildman–Crippen MR) is 88.7 cm³/mol. The largest absolute Gasteiger partial charge is 0.481 e. The van der Waals surface area contributed by atoms with Gasteiger partial charge in [-0.1, -0.05) is 24.3 Å². The summed E-state index contributed by atoms with van der Waals surface area (Å²) in [5.74, 6) is -1.16. The van der Waals surface area contributed by atoms with Gasteiger partial charge in [0.2, 0.25) is 5.91 Å². The van der Waals surface area contributed by atoms with E-state index in [9.17, 15) is 9.59 Å². The molecule has 6 nitrogen and oxygen atoms in total. The van der Waals surface area contributed by atoms with Crippen LogP contribution in [-0.2, 0) is 19.1 Å². The number of aryl methyl sites for hydroxylation is 1. The Labute approximate surface area is 142 Å². The van der Waals surface area contributed by atoms with E-state index in [0.717, 1.165) is 30.6 Å². The Morgan fingerprint density at radius 2 is 2.21 bits per heavy atom. The Morgan fingerprint density at radius 1 is 1.42 bits per heavy atom. The van der Waals surface area contributed by atoms with Gasteiger partial charge in [-0.15, -0.1) is 0 Å². The van der Waals surface area contributed by atoms with Crippen LogP contribution in [0.3, 0.4) is 0 Å². The molecule has 1 aromatic carbocycles. The smallest absolute Gasteiger partial charge is 0.305 e. The van der Waals surface area contributed by atoms with Crippen molar-refractivity contribution in [2.45, 2.75) is 44.8 Å². The molecule has 1 aliphatic heterocycles. The number of ether oxygens (including phenoxy) is 2. The molecule has 0 radical (unpaired) electrons. The number of rotatable bonds is 9. The Kier molecular flexibility index (Phi) is 7.21. The number of amides is 1. The minimum absolute atomic E-state index is 0.139. The number of hydrogen-bond acceptors (Lipinski definition) is 4. The first-order valence-corrected chi connectivity index (χ1v) is 8.32. The maximum Gasteiger partial charge on any atom is 0.305 e. The number of aliphatic carboxylic acids is 1. The quantitative estimate of drug-likeness (QED) is 0.676. The molecule has 0 aromatic heterocycles. The lowest BCUT2D eigenvalue weighted by Crippen LogP contribution is -2.31. The zero-order valence-electron chi connectivity index (χ0n) is 14.0. The number of carbonyl (C=O) groups excluding carboxylic acids is 1. The van der Waals surface area contributed by atoms with Gasteiger partial charge in [0, 0.05) is 13.0 Å². The van der Waals surface area contributed by atoms with E-state index >= 15 is 0 Å². The van der Waals surface area contributed by atoms with Crippen molar-refractivity contribution in [1.29, 1.82) is 0 Å². The fourth-order valence-corrected chi connectivity index (χ4v) is 2.81. The molecule has 1 saturated heterocycles. The third-order valence-electron chi connectivity index (χ3n) is 4.08. The van der Waals surface area contributed by atoms with E-state index in [1.807, 2.05) is 31.2 Å². The molecule has 2 N–H and O–H groups in total. The fraction of sp³-hybridized carbons (Fsp3) is 0.556. The Balaban J connectivity index is 1.81. The van der Waals surface area contributed by atoms with Crippen LogP contribution >= 0.6 is 0 Å². The van der Waals surface area contributed by atoms with E-state index in [2.05, 4.69) is 5.32 Å². The molecule has 0 saturated carbocycles. The monoisotopic (exact) mass is 335 g/mol. The molecular weight excluding hydrogens is 310 g/mol. The third-order valence-corrected chi connectivity index (χ3v) is 4.08. The molecule has 0 bridgehead atoms. The van der Waals surface area contributed by atoms with Gasteiger partial charge in [-0.05, 0) is 30.9 Å². The van der Waals surface area contributed by atoms with Crippen LogP contribution in [0, 0.1) is 6.92 Å². The second-order valence-electron chi connectivity index (χ2n) is 6.03. The summed E-state index contributed by atoms with van der Waals surface area (Å²) < 4.78 is 10.9. The highest BCUT2D eigenvalue weighted by atomic mass is 16.5. The highest BCUT2D eigenvalue weighted by molar-refractivity contribution is 5.78. The maximum atomic E-state index is 12.1. The summed E-state index contributed by atoms with van der Waals surface area (Å²) in [6, 6.07) is 6.94. The number of carbonyl (C=O) groups is 2. The number of benzene rings is 1. The highest BCUT2D eigenvalue weighted by Gasteiger charge is 2.20. The summed E-state index contributed by atoms with van der Waals surface area (Å²) in [6.45, 7) is 3.49. The third kappa shape index (κ3) is 5.94. The van der Waals surface area contributed by atoms with E-state index < -0.39 is 12.0 Å². The summed E-state index contributed by atoms with van der Waals surface area (Å²) in [6.07, 6.45) is 2.25. The molecule has 1 aromatic rings. The van der Waals surface area contributed by atoms with Gasteiger partial charge in [-0.3, -0.25) is 9.59 Å². The van der Waals surface area contributed by atoms with E-state index in [4.69, 9.17) is 14.6 Å². The van der Waals surface area contributed by atoms with E-state index in [-0.39, 0.29) is 24.9 Å². The van der Waals surface area contributed by atoms with Crippen molar-refractivity contribution < 1.29 is 24.2 Å². The van der Waals surface area contributed by atoms with Crippen molar-refractivity contribution in [1.82, 2.24) is 5.32 Å². The SMILES string of the molecule is Cc1ccccc1C(CC(=O)O)NC(=O)CCOCC1CCCO1. The van der Waals surface area contributed by atoms with Crippen molar-refractivity contribution in [2.24, 2.45) is 0 Å². The first-order chi connectivity index (χ1) is 11.6. The maximum absolute atomic E-state index is 12.1. The molecule has 132 valence electrons. The Bertz CT molecular complexity index is 554. The molecule has 0 aliphatic carbocycles. The summed E-state index contributed by atoms with van der Waals surface area (Å²) >= 11 is 0. The van der Waals surface area contributed by atoms with Gasteiger partial charge in [0.25, 0.3) is 0 Å². The van der Waals surface area contributed by atoms with Crippen LogP contribution in [0.4, 0.5) is 0 Å². The molecule has 2 atom stereocenters. The standard InChI is InChI=1S/C18H25NO5/c1-13-5-2-3-7-15(13)16(11-18(21)22)19-17(20)8-10-23-12-14-6-4-9-24-14/h2-3,5,7,14,16H,4,6,8-12H2,1H3,(H,19,20)(H,21,22). The summed E-state index contributed by atoms with van der Waals surface area (Å²) in [4.78, 5) is 23.2. The molecule has 1 aliphatic rings. The van der Waals surface area contributed by atoms with Crippen LogP contribution < -0.4 is 5.32 Å². The van der Waals surface area contributed by atoms with E-state index in [1.165, 1.54) is 0 Å². The molecule has 1 amide bonds. The summed E-state index contributed by atoms with van der Waals surface area (Å²) in [7, 11) is 0. The van der Waals surface area contributed by atoms with Gasteiger partial charge in [0.1, 0.15) is 0 Å². The number of hydrogen-bond donors (Lipinski definition) is 2. The second-order valence-corrected chi connectivity index (χ2v) is 6.03. The van der Waals surface area contributed by atoms with Crippen LogP contribution in [0.2, 0.25) is 0 Å². The lowest BCUT2D eigenvalue weighted by Gasteiger charge is -2.19. The van der Waals surface area contributed by atoms with Crippen molar-refractivity contribution in [3.05, 3.63) is 35.4 Å². The van der Waals surface area contributed by atoms with Crippen molar-refractivity contribution in [3.8, 4) is 0 Å². The second kappa shape index (κ2) is 9.39. The Morgan fingerprint density at radius 3 is 2.88 bits per heavy atom. The van der Waals surface area contributed by atoms with Crippen LogP contribution in [0.5, 0.6) is 0 Å². The average Bonchev–Trinajstić information content (AvgIpc) is 3.04. The normalized spacial score (nSPS) is 18.3. The van der Waals surface area contributed by atoms with E-state index in [0.29, 0.717) is 13.2 Å². The molecule has 2 unspecified atom stereocenters.